The van der Waals surface area contributed by atoms with Crippen molar-refractivity contribution in [3.63, 3.8) is 0 Å². The van der Waals surface area contributed by atoms with E-state index in [1.54, 1.807) is 18.2 Å². The number of carbonyl (C=O) groups is 2. The Hall–Kier alpha value is -3.03. The molecule has 0 radical (unpaired) electrons. The van der Waals surface area contributed by atoms with Crippen molar-refractivity contribution in [1.82, 2.24) is 4.90 Å². The lowest BCUT2D eigenvalue weighted by Crippen LogP contribution is -2.42. The normalized spacial score (nSPS) is 18.6. The molecule has 152 valence electrons. The molecule has 0 bridgehead atoms. The van der Waals surface area contributed by atoms with Crippen molar-refractivity contribution >= 4 is 11.7 Å². The van der Waals surface area contributed by atoms with Gasteiger partial charge < -0.3 is 14.4 Å². The van der Waals surface area contributed by atoms with E-state index in [1.807, 2.05) is 0 Å². The zero-order chi connectivity index (χ0) is 20.6. The second-order valence-electron chi connectivity index (χ2n) is 7.10. The van der Waals surface area contributed by atoms with Gasteiger partial charge in [-0.25, -0.2) is 0 Å². The van der Waals surface area contributed by atoms with Gasteiger partial charge >= 0.3 is 6.18 Å². The fourth-order valence-corrected chi connectivity index (χ4v) is 3.65. The van der Waals surface area contributed by atoms with E-state index >= 15 is 0 Å². The number of fused-ring (bicyclic) bond motifs is 1. The Morgan fingerprint density at radius 3 is 2.38 bits per heavy atom. The number of piperidine rings is 1. The number of halogens is 3. The number of hydrogen-bond acceptors (Lipinski definition) is 4. The number of benzene rings is 2. The van der Waals surface area contributed by atoms with Crippen molar-refractivity contribution in [2.24, 2.45) is 5.92 Å². The van der Waals surface area contributed by atoms with Crippen LogP contribution in [0.25, 0.3) is 0 Å². The number of ether oxygens (including phenoxy) is 2. The molecule has 4 rings (SSSR count). The summed E-state index contributed by atoms with van der Waals surface area (Å²) in [6, 6.07) is 9.14. The highest BCUT2D eigenvalue weighted by Crippen LogP contribution is 2.34. The van der Waals surface area contributed by atoms with Gasteiger partial charge in [-0.15, -0.1) is 0 Å². The molecule has 8 heteroatoms. The average molecular weight is 405 g/mol. The van der Waals surface area contributed by atoms with Crippen LogP contribution in [0.4, 0.5) is 13.2 Å². The number of Topliss-reactive ketones (excluding diaryl/α,β-unsaturated/α-hetero) is 1. The molecule has 2 aromatic rings. The minimum atomic E-state index is -4.45. The fraction of sp³-hybridized carbons (Fsp3) is 0.333. The summed E-state index contributed by atoms with van der Waals surface area (Å²) < 4.78 is 48.7. The first-order chi connectivity index (χ1) is 13.8. The van der Waals surface area contributed by atoms with Crippen molar-refractivity contribution in [2.45, 2.75) is 19.0 Å². The number of nitrogens with zero attached hydrogens (tertiary/aromatic N) is 1. The van der Waals surface area contributed by atoms with Crippen LogP contribution in [-0.2, 0) is 6.18 Å². The molecule has 2 aromatic carbocycles. The van der Waals surface area contributed by atoms with Crippen LogP contribution in [0.1, 0.15) is 39.1 Å². The van der Waals surface area contributed by atoms with Crippen LogP contribution in [0.15, 0.2) is 42.5 Å². The summed E-state index contributed by atoms with van der Waals surface area (Å²) in [5.74, 6) is 0.270. The van der Waals surface area contributed by atoms with Crippen LogP contribution in [0.2, 0.25) is 0 Å². The lowest BCUT2D eigenvalue weighted by molar-refractivity contribution is -0.137. The monoisotopic (exact) mass is 405 g/mol. The van der Waals surface area contributed by atoms with Crippen molar-refractivity contribution in [1.29, 1.82) is 0 Å². The van der Waals surface area contributed by atoms with Gasteiger partial charge in [0.25, 0.3) is 5.91 Å². The number of rotatable bonds is 3. The van der Waals surface area contributed by atoms with Crippen molar-refractivity contribution in [2.75, 3.05) is 19.9 Å². The maximum atomic E-state index is 12.9. The van der Waals surface area contributed by atoms with Crippen molar-refractivity contribution in [3.05, 3.63) is 59.2 Å². The van der Waals surface area contributed by atoms with Crippen molar-refractivity contribution < 1.29 is 32.2 Å². The second-order valence-corrected chi connectivity index (χ2v) is 7.10. The molecule has 0 saturated carbocycles. The van der Waals surface area contributed by atoms with Crippen molar-refractivity contribution in [3.8, 4) is 11.5 Å². The molecule has 2 aliphatic rings. The summed E-state index contributed by atoms with van der Waals surface area (Å²) in [6.07, 6.45) is -3.16. The SMILES string of the molecule is O=C(c1ccc2c(c1)OCO2)C1CCCN(C(=O)c2ccc(C(F)(F)F)cc2)C1. The molecule has 0 spiro atoms. The van der Waals surface area contributed by atoms with Gasteiger partial charge in [0.05, 0.1) is 5.56 Å². The molecule has 5 nitrogen and oxygen atoms in total. The molecule has 1 fully saturated rings. The maximum Gasteiger partial charge on any atom is 0.416 e. The van der Waals surface area contributed by atoms with Crippen LogP contribution in [-0.4, -0.2) is 36.5 Å². The Labute approximate surface area is 165 Å². The minimum absolute atomic E-state index is 0.0896. The standard InChI is InChI=1S/C21H18F3NO4/c22-21(23,24)16-6-3-13(4-7-16)20(27)25-9-1-2-15(11-25)19(26)14-5-8-17-18(10-14)29-12-28-17/h3-8,10,15H,1-2,9,11-12H2. The summed E-state index contributed by atoms with van der Waals surface area (Å²) >= 11 is 0. The first kappa shape index (κ1) is 19.3. The van der Waals surface area contributed by atoms with E-state index in [0.717, 1.165) is 12.1 Å². The van der Waals surface area contributed by atoms with Gasteiger partial charge in [-0.2, -0.15) is 13.2 Å². The van der Waals surface area contributed by atoms with E-state index in [1.165, 1.54) is 17.0 Å². The third-order valence-electron chi connectivity index (χ3n) is 5.20. The van der Waals surface area contributed by atoms with Gasteiger partial charge in [-0.05, 0) is 55.3 Å². The zero-order valence-electron chi connectivity index (χ0n) is 15.4. The lowest BCUT2D eigenvalue weighted by Gasteiger charge is -2.32. The number of alkyl halides is 3. The molecule has 29 heavy (non-hydrogen) atoms. The highest BCUT2D eigenvalue weighted by molar-refractivity contribution is 6.00. The minimum Gasteiger partial charge on any atom is -0.454 e. The molecule has 2 heterocycles. The quantitative estimate of drug-likeness (QED) is 0.720. The Kier molecular flexibility index (Phi) is 4.94. The molecule has 0 aliphatic carbocycles. The second kappa shape index (κ2) is 7.42. The van der Waals surface area contributed by atoms with E-state index < -0.39 is 11.7 Å². The Morgan fingerprint density at radius 2 is 1.66 bits per heavy atom. The van der Waals surface area contributed by atoms with Gasteiger partial charge in [0, 0.05) is 30.1 Å². The summed E-state index contributed by atoms with van der Waals surface area (Å²) in [4.78, 5) is 27.1. The largest absolute Gasteiger partial charge is 0.454 e. The van der Waals surface area contributed by atoms with E-state index in [-0.39, 0.29) is 36.5 Å². The highest BCUT2D eigenvalue weighted by atomic mass is 19.4. The molecule has 1 unspecified atom stereocenters. The number of ketones is 1. The lowest BCUT2D eigenvalue weighted by atomic mass is 9.89. The molecule has 1 atom stereocenters. The first-order valence-corrected chi connectivity index (χ1v) is 9.23. The summed E-state index contributed by atoms with van der Waals surface area (Å²) in [5.41, 5.74) is -0.138. The molecular weight excluding hydrogens is 387 g/mol. The van der Waals surface area contributed by atoms with Gasteiger partial charge in [-0.3, -0.25) is 9.59 Å². The summed E-state index contributed by atoms with van der Waals surface area (Å²) in [5, 5.41) is 0. The zero-order valence-corrected chi connectivity index (χ0v) is 15.4. The van der Waals surface area contributed by atoms with E-state index in [0.29, 0.717) is 36.4 Å². The van der Waals surface area contributed by atoms with Crippen LogP contribution >= 0.6 is 0 Å². The summed E-state index contributed by atoms with van der Waals surface area (Å²) in [6.45, 7) is 0.809. The van der Waals surface area contributed by atoms with Gasteiger partial charge in [-0.1, -0.05) is 0 Å². The predicted octanol–water partition coefficient (Wildman–Crippen LogP) is 4.17. The number of likely N-dealkylation sites (tertiary alicyclic amines) is 1. The third-order valence-corrected chi connectivity index (χ3v) is 5.20. The van der Waals surface area contributed by atoms with Gasteiger partial charge in [0.2, 0.25) is 6.79 Å². The van der Waals surface area contributed by atoms with Gasteiger partial charge in [0.15, 0.2) is 17.3 Å². The maximum absolute atomic E-state index is 12.9. The molecule has 1 saturated heterocycles. The molecule has 0 aromatic heterocycles. The fourth-order valence-electron chi connectivity index (χ4n) is 3.65. The molecule has 0 N–H and O–H groups in total. The molecule has 2 aliphatic heterocycles. The van der Waals surface area contributed by atoms with E-state index in [2.05, 4.69) is 0 Å². The van der Waals surface area contributed by atoms with Crippen LogP contribution in [0.3, 0.4) is 0 Å². The van der Waals surface area contributed by atoms with Crippen LogP contribution in [0.5, 0.6) is 11.5 Å². The molecule has 1 amide bonds. The average Bonchev–Trinajstić information content (AvgIpc) is 3.20. The number of hydrogen-bond donors (Lipinski definition) is 0. The Balaban J connectivity index is 1.46. The Morgan fingerprint density at radius 1 is 0.966 bits per heavy atom. The van der Waals surface area contributed by atoms with E-state index in [4.69, 9.17) is 9.47 Å². The van der Waals surface area contributed by atoms with Crippen LogP contribution in [0, 0.1) is 5.92 Å². The highest BCUT2D eigenvalue weighted by Gasteiger charge is 2.32. The number of amides is 1. The van der Waals surface area contributed by atoms with Gasteiger partial charge in [0.1, 0.15) is 0 Å². The number of carbonyl (C=O) groups excluding carboxylic acids is 2. The Bertz CT molecular complexity index is 940. The third kappa shape index (κ3) is 3.92. The smallest absolute Gasteiger partial charge is 0.416 e. The summed E-state index contributed by atoms with van der Waals surface area (Å²) in [7, 11) is 0. The first-order valence-electron chi connectivity index (χ1n) is 9.23. The topological polar surface area (TPSA) is 55.8 Å². The molecular formula is C21H18F3NO4. The predicted molar refractivity (Wildman–Crippen MR) is 97.0 cm³/mol. The van der Waals surface area contributed by atoms with Crippen LogP contribution < -0.4 is 9.47 Å². The van der Waals surface area contributed by atoms with E-state index in [9.17, 15) is 22.8 Å².